The maximum atomic E-state index is 13.4. The van der Waals surface area contributed by atoms with E-state index in [-0.39, 0.29) is 0 Å². The Balaban J connectivity index is 2.31. The van der Waals surface area contributed by atoms with Crippen molar-refractivity contribution < 1.29 is 13.5 Å². The SMILES string of the molecule is COc1ccc2[nH]c(=S)n(-c3ccc(F)c(F)c3)c2n1. The number of rotatable bonds is 2. The Kier molecular flexibility index (Phi) is 2.98. The lowest BCUT2D eigenvalue weighted by Gasteiger charge is -2.05. The van der Waals surface area contributed by atoms with Crippen LogP contribution in [0.3, 0.4) is 0 Å². The van der Waals surface area contributed by atoms with Crippen LogP contribution in [0.2, 0.25) is 0 Å². The third-order valence-corrected chi connectivity index (χ3v) is 3.16. The molecule has 0 radical (unpaired) electrons. The molecule has 1 aromatic carbocycles. The molecule has 2 aromatic heterocycles. The third-order valence-electron chi connectivity index (χ3n) is 2.88. The molecule has 3 aromatic rings. The van der Waals surface area contributed by atoms with E-state index >= 15 is 0 Å². The van der Waals surface area contributed by atoms with Crippen LogP contribution in [0.4, 0.5) is 8.78 Å². The Morgan fingerprint density at radius 1 is 1.20 bits per heavy atom. The van der Waals surface area contributed by atoms with Crippen LogP contribution in [0, 0.1) is 16.4 Å². The van der Waals surface area contributed by atoms with Crippen molar-refractivity contribution in [3.8, 4) is 11.6 Å². The number of fused-ring (bicyclic) bond motifs is 1. The molecule has 20 heavy (non-hydrogen) atoms. The van der Waals surface area contributed by atoms with Crippen LogP contribution < -0.4 is 4.74 Å². The molecular weight excluding hydrogens is 284 g/mol. The highest BCUT2D eigenvalue weighted by Gasteiger charge is 2.11. The highest BCUT2D eigenvalue weighted by molar-refractivity contribution is 7.71. The molecule has 0 fully saturated rings. The third kappa shape index (κ3) is 1.96. The Morgan fingerprint density at radius 2 is 2.00 bits per heavy atom. The highest BCUT2D eigenvalue weighted by Crippen LogP contribution is 2.21. The van der Waals surface area contributed by atoms with Gasteiger partial charge in [-0.2, -0.15) is 4.98 Å². The number of halogens is 2. The maximum Gasteiger partial charge on any atom is 0.215 e. The number of nitrogens with one attached hydrogen (secondary N) is 1. The van der Waals surface area contributed by atoms with Crippen molar-refractivity contribution in [1.29, 1.82) is 0 Å². The number of pyridine rings is 1. The standard InChI is InChI=1S/C13H9F2N3OS/c1-19-11-5-4-10-12(17-11)18(13(20)16-10)7-2-3-8(14)9(15)6-7/h2-6H,1H3,(H,16,20). The summed E-state index contributed by atoms with van der Waals surface area (Å²) in [6, 6.07) is 6.99. The molecule has 4 nitrogen and oxygen atoms in total. The molecule has 0 spiro atoms. The van der Waals surface area contributed by atoms with E-state index in [9.17, 15) is 8.78 Å². The molecule has 0 saturated carbocycles. The Labute approximate surface area is 117 Å². The molecule has 0 atom stereocenters. The quantitative estimate of drug-likeness (QED) is 0.737. The van der Waals surface area contributed by atoms with Crippen molar-refractivity contribution in [2.45, 2.75) is 0 Å². The molecule has 0 aliphatic heterocycles. The number of aromatic nitrogens is 3. The number of H-pyrrole nitrogens is 1. The summed E-state index contributed by atoms with van der Waals surface area (Å²) in [6.45, 7) is 0. The maximum absolute atomic E-state index is 13.4. The molecular formula is C13H9F2N3OS. The summed E-state index contributed by atoms with van der Waals surface area (Å²) in [5, 5.41) is 0. The predicted molar refractivity (Wildman–Crippen MR) is 72.7 cm³/mol. The molecule has 0 aliphatic carbocycles. The monoisotopic (exact) mass is 293 g/mol. The van der Waals surface area contributed by atoms with Gasteiger partial charge in [0.25, 0.3) is 0 Å². The largest absolute Gasteiger partial charge is 0.481 e. The molecule has 1 N–H and O–H groups in total. The lowest BCUT2D eigenvalue weighted by molar-refractivity contribution is 0.399. The summed E-state index contributed by atoms with van der Waals surface area (Å²) in [5.74, 6) is -1.45. The summed E-state index contributed by atoms with van der Waals surface area (Å²) in [6.07, 6.45) is 0. The zero-order chi connectivity index (χ0) is 14.3. The van der Waals surface area contributed by atoms with Gasteiger partial charge in [-0.1, -0.05) is 0 Å². The smallest absolute Gasteiger partial charge is 0.215 e. The topological polar surface area (TPSA) is 42.8 Å². The molecule has 0 bridgehead atoms. The Bertz CT molecular complexity index is 856. The van der Waals surface area contributed by atoms with E-state index in [0.29, 0.717) is 27.5 Å². The van der Waals surface area contributed by atoms with E-state index in [4.69, 9.17) is 17.0 Å². The number of ether oxygens (including phenoxy) is 1. The van der Waals surface area contributed by atoms with Crippen LogP contribution in [0.25, 0.3) is 16.9 Å². The van der Waals surface area contributed by atoms with Gasteiger partial charge in [0.05, 0.1) is 18.3 Å². The first-order valence-corrected chi connectivity index (χ1v) is 6.12. The first kappa shape index (κ1) is 12.7. The predicted octanol–water partition coefficient (Wildman–Crippen LogP) is 3.37. The molecule has 0 aliphatic rings. The van der Waals surface area contributed by atoms with Gasteiger partial charge in [-0.05, 0) is 30.4 Å². The zero-order valence-electron chi connectivity index (χ0n) is 10.4. The van der Waals surface area contributed by atoms with Gasteiger partial charge in [-0.3, -0.25) is 4.57 Å². The lowest BCUT2D eigenvalue weighted by atomic mass is 10.3. The van der Waals surface area contributed by atoms with Crippen LogP contribution in [-0.2, 0) is 0 Å². The number of benzene rings is 1. The molecule has 0 unspecified atom stereocenters. The number of aromatic amines is 1. The van der Waals surface area contributed by atoms with Gasteiger partial charge in [0.2, 0.25) is 5.88 Å². The van der Waals surface area contributed by atoms with Crippen LogP contribution in [-0.4, -0.2) is 21.6 Å². The molecule has 0 amide bonds. The van der Waals surface area contributed by atoms with Crippen molar-refractivity contribution in [1.82, 2.24) is 14.5 Å². The van der Waals surface area contributed by atoms with Gasteiger partial charge in [-0.15, -0.1) is 0 Å². The molecule has 0 saturated heterocycles. The van der Waals surface area contributed by atoms with Crippen LogP contribution >= 0.6 is 12.2 Å². The van der Waals surface area contributed by atoms with Crippen molar-refractivity contribution >= 4 is 23.4 Å². The number of hydrogen-bond donors (Lipinski definition) is 1. The molecule has 2 heterocycles. The van der Waals surface area contributed by atoms with E-state index < -0.39 is 11.6 Å². The zero-order valence-corrected chi connectivity index (χ0v) is 11.2. The van der Waals surface area contributed by atoms with E-state index in [2.05, 4.69) is 9.97 Å². The van der Waals surface area contributed by atoms with Gasteiger partial charge < -0.3 is 9.72 Å². The van der Waals surface area contributed by atoms with Crippen LogP contribution in [0.1, 0.15) is 0 Å². The summed E-state index contributed by atoms with van der Waals surface area (Å²) < 4.78 is 33.3. The fourth-order valence-corrected chi connectivity index (χ4v) is 2.25. The van der Waals surface area contributed by atoms with E-state index in [1.807, 2.05) is 0 Å². The van der Waals surface area contributed by atoms with E-state index in [0.717, 1.165) is 12.1 Å². The normalized spacial score (nSPS) is 10.9. The van der Waals surface area contributed by atoms with Gasteiger partial charge in [0, 0.05) is 12.1 Å². The summed E-state index contributed by atoms with van der Waals surface area (Å²) >= 11 is 5.20. The van der Waals surface area contributed by atoms with Crippen LogP contribution in [0.5, 0.6) is 5.88 Å². The number of methoxy groups -OCH3 is 1. The minimum absolute atomic E-state index is 0.340. The first-order chi connectivity index (χ1) is 9.60. The van der Waals surface area contributed by atoms with Gasteiger partial charge in [0.15, 0.2) is 22.1 Å². The lowest BCUT2D eigenvalue weighted by Crippen LogP contribution is -1.98. The summed E-state index contributed by atoms with van der Waals surface area (Å²) in [7, 11) is 1.50. The molecule has 7 heteroatoms. The number of imidazole rings is 1. The summed E-state index contributed by atoms with van der Waals surface area (Å²) in [4.78, 5) is 7.22. The Morgan fingerprint density at radius 3 is 2.70 bits per heavy atom. The average molecular weight is 293 g/mol. The fraction of sp³-hybridized carbons (Fsp3) is 0.0769. The van der Waals surface area contributed by atoms with E-state index in [1.165, 1.54) is 17.7 Å². The molecule has 3 rings (SSSR count). The van der Waals surface area contributed by atoms with Gasteiger partial charge >= 0.3 is 0 Å². The van der Waals surface area contributed by atoms with Gasteiger partial charge in [0.1, 0.15) is 0 Å². The Hall–Kier alpha value is -2.28. The first-order valence-electron chi connectivity index (χ1n) is 5.71. The second-order valence-electron chi connectivity index (χ2n) is 4.09. The van der Waals surface area contributed by atoms with Crippen molar-refractivity contribution in [2.24, 2.45) is 0 Å². The minimum atomic E-state index is -0.943. The fourth-order valence-electron chi connectivity index (χ4n) is 1.94. The number of hydrogen-bond acceptors (Lipinski definition) is 3. The second kappa shape index (κ2) is 4.68. The van der Waals surface area contributed by atoms with Crippen molar-refractivity contribution in [3.05, 3.63) is 46.7 Å². The van der Waals surface area contributed by atoms with Crippen molar-refractivity contribution in [2.75, 3.05) is 7.11 Å². The summed E-state index contributed by atoms with van der Waals surface area (Å²) in [5.41, 5.74) is 1.56. The average Bonchev–Trinajstić information content (AvgIpc) is 2.77. The van der Waals surface area contributed by atoms with Gasteiger partial charge in [-0.25, -0.2) is 8.78 Å². The van der Waals surface area contributed by atoms with Crippen LogP contribution in [0.15, 0.2) is 30.3 Å². The van der Waals surface area contributed by atoms with E-state index in [1.54, 1.807) is 12.1 Å². The molecule has 102 valence electrons. The second-order valence-corrected chi connectivity index (χ2v) is 4.48. The number of nitrogens with zero attached hydrogens (tertiary/aromatic N) is 2. The van der Waals surface area contributed by atoms with Crippen molar-refractivity contribution in [3.63, 3.8) is 0 Å². The highest BCUT2D eigenvalue weighted by atomic mass is 32.1. The minimum Gasteiger partial charge on any atom is -0.481 e.